The van der Waals surface area contributed by atoms with Gasteiger partial charge in [-0.25, -0.2) is 4.98 Å². The van der Waals surface area contributed by atoms with Gasteiger partial charge in [0, 0.05) is 42.6 Å². The van der Waals surface area contributed by atoms with Gasteiger partial charge in [-0.3, -0.25) is 4.79 Å². The molecule has 0 N–H and O–H groups in total. The lowest BCUT2D eigenvalue weighted by atomic mass is 9.88. The Hall–Kier alpha value is -1.84. The zero-order valence-corrected chi connectivity index (χ0v) is 12.2. The monoisotopic (exact) mass is 284 g/mol. The fourth-order valence-corrected chi connectivity index (χ4v) is 3.71. The number of fused-ring (bicyclic) bond motifs is 3. The Kier molecular flexibility index (Phi) is 3.17. The number of carbonyl (C=O) groups is 1. The third-order valence-corrected chi connectivity index (χ3v) is 4.88. The molecule has 0 aromatic carbocycles. The highest BCUT2D eigenvalue weighted by Gasteiger charge is 2.30. The Morgan fingerprint density at radius 1 is 1.29 bits per heavy atom. The Morgan fingerprint density at radius 2 is 2.14 bits per heavy atom. The first kappa shape index (κ1) is 12.9. The second-order valence-corrected chi connectivity index (χ2v) is 6.20. The second kappa shape index (κ2) is 5.17. The zero-order valence-electron chi connectivity index (χ0n) is 12.2. The van der Waals surface area contributed by atoms with E-state index in [4.69, 9.17) is 4.42 Å². The van der Waals surface area contributed by atoms with Crippen molar-refractivity contribution in [3.8, 4) is 0 Å². The summed E-state index contributed by atoms with van der Waals surface area (Å²) in [6, 6.07) is 3.97. The Morgan fingerprint density at radius 3 is 3.00 bits per heavy atom. The fourth-order valence-electron chi connectivity index (χ4n) is 3.71. The molecule has 1 saturated carbocycles. The van der Waals surface area contributed by atoms with E-state index in [1.807, 2.05) is 17.0 Å². The number of furan rings is 1. The maximum absolute atomic E-state index is 12.7. The van der Waals surface area contributed by atoms with E-state index in [2.05, 4.69) is 4.98 Å². The fraction of sp³-hybridized carbons (Fsp3) is 0.529. The minimum atomic E-state index is 0.247. The molecule has 3 heterocycles. The number of pyridine rings is 1. The average molecular weight is 284 g/mol. The molecule has 4 heteroatoms. The van der Waals surface area contributed by atoms with Gasteiger partial charge in [-0.1, -0.05) is 19.3 Å². The lowest BCUT2D eigenvalue weighted by molar-refractivity contribution is -0.137. The van der Waals surface area contributed by atoms with Gasteiger partial charge in [-0.15, -0.1) is 0 Å². The molecule has 0 saturated heterocycles. The average Bonchev–Trinajstić information content (AvgIpc) is 2.93. The van der Waals surface area contributed by atoms with Crippen LogP contribution in [0.5, 0.6) is 0 Å². The van der Waals surface area contributed by atoms with Gasteiger partial charge in [0.15, 0.2) is 0 Å². The van der Waals surface area contributed by atoms with Crippen molar-refractivity contribution in [2.45, 2.75) is 45.1 Å². The molecule has 0 radical (unpaired) electrons. The predicted molar refractivity (Wildman–Crippen MR) is 79.7 cm³/mol. The van der Waals surface area contributed by atoms with Crippen LogP contribution < -0.4 is 0 Å². The van der Waals surface area contributed by atoms with Crippen LogP contribution in [-0.2, 0) is 17.8 Å². The number of hydrogen-bond acceptors (Lipinski definition) is 3. The van der Waals surface area contributed by atoms with Crippen molar-refractivity contribution < 1.29 is 9.21 Å². The van der Waals surface area contributed by atoms with Crippen molar-refractivity contribution in [1.29, 1.82) is 0 Å². The molecular weight excluding hydrogens is 264 g/mol. The topological polar surface area (TPSA) is 46.3 Å². The Labute approximate surface area is 124 Å². The summed E-state index contributed by atoms with van der Waals surface area (Å²) in [4.78, 5) is 19.0. The molecule has 21 heavy (non-hydrogen) atoms. The predicted octanol–water partition coefficient (Wildman–Crippen LogP) is 3.29. The Balaban J connectivity index is 1.59. The van der Waals surface area contributed by atoms with Gasteiger partial charge in [0.05, 0.1) is 0 Å². The van der Waals surface area contributed by atoms with E-state index < -0.39 is 0 Å². The second-order valence-electron chi connectivity index (χ2n) is 6.20. The third-order valence-electron chi connectivity index (χ3n) is 4.88. The molecule has 1 aliphatic carbocycles. The highest BCUT2D eigenvalue weighted by atomic mass is 16.3. The summed E-state index contributed by atoms with van der Waals surface area (Å²) in [7, 11) is 0. The van der Waals surface area contributed by atoms with Gasteiger partial charge in [0.2, 0.25) is 11.6 Å². The molecule has 0 atom stereocenters. The van der Waals surface area contributed by atoms with Crippen molar-refractivity contribution in [2.75, 3.05) is 6.54 Å². The molecule has 0 bridgehead atoms. The molecule has 1 aliphatic heterocycles. The SMILES string of the molecule is O=C(C1CCCCC1)N1CCc2oc3ncccc3c2C1. The van der Waals surface area contributed by atoms with E-state index >= 15 is 0 Å². The highest BCUT2D eigenvalue weighted by molar-refractivity contribution is 5.82. The number of nitrogens with zero attached hydrogens (tertiary/aromatic N) is 2. The first-order valence-corrected chi connectivity index (χ1v) is 7.97. The molecule has 0 spiro atoms. The van der Waals surface area contributed by atoms with Gasteiger partial charge in [0.25, 0.3) is 0 Å². The van der Waals surface area contributed by atoms with Crippen LogP contribution in [0.4, 0.5) is 0 Å². The highest BCUT2D eigenvalue weighted by Crippen LogP contribution is 2.32. The lowest BCUT2D eigenvalue weighted by Crippen LogP contribution is -2.40. The quantitative estimate of drug-likeness (QED) is 0.807. The number of rotatable bonds is 1. The van der Waals surface area contributed by atoms with Crippen LogP contribution in [0.25, 0.3) is 11.1 Å². The zero-order chi connectivity index (χ0) is 14.2. The summed E-state index contributed by atoms with van der Waals surface area (Å²) in [6.45, 7) is 1.46. The van der Waals surface area contributed by atoms with Crippen LogP contribution in [-0.4, -0.2) is 22.3 Å². The number of aromatic nitrogens is 1. The summed E-state index contributed by atoms with van der Waals surface area (Å²) in [5.74, 6) is 1.60. The van der Waals surface area contributed by atoms with Crippen LogP contribution in [0, 0.1) is 5.92 Å². The van der Waals surface area contributed by atoms with Gasteiger partial charge in [-0.2, -0.15) is 0 Å². The largest absolute Gasteiger partial charge is 0.442 e. The minimum Gasteiger partial charge on any atom is -0.442 e. The molecule has 1 amide bonds. The lowest BCUT2D eigenvalue weighted by Gasteiger charge is -2.31. The third kappa shape index (κ3) is 2.23. The summed E-state index contributed by atoms with van der Waals surface area (Å²) < 4.78 is 5.81. The maximum Gasteiger partial charge on any atom is 0.226 e. The van der Waals surface area contributed by atoms with Crippen molar-refractivity contribution in [3.05, 3.63) is 29.7 Å². The van der Waals surface area contributed by atoms with E-state index in [0.29, 0.717) is 18.2 Å². The van der Waals surface area contributed by atoms with Crippen LogP contribution >= 0.6 is 0 Å². The Bertz CT molecular complexity index is 670. The summed E-state index contributed by atoms with van der Waals surface area (Å²) >= 11 is 0. The van der Waals surface area contributed by atoms with E-state index in [0.717, 1.165) is 42.5 Å². The molecule has 4 rings (SSSR count). The molecule has 110 valence electrons. The molecule has 4 nitrogen and oxygen atoms in total. The van der Waals surface area contributed by atoms with Crippen molar-refractivity contribution in [2.24, 2.45) is 5.92 Å². The molecule has 1 fully saturated rings. The van der Waals surface area contributed by atoms with Crippen LogP contribution in [0.2, 0.25) is 0 Å². The molecule has 0 unspecified atom stereocenters. The van der Waals surface area contributed by atoms with Gasteiger partial charge >= 0.3 is 0 Å². The molecular formula is C17H20N2O2. The van der Waals surface area contributed by atoms with E-state index in [1.54, 1.807) is 6.20 Å². The van der Waals surface area contributed by atoms with Crippen LogP contribution in [0.1, 0.15) is 43.4 Å². The normalized spacial score (nSPS) is 19.7. The van der Waals surface area contributed by atoms with Crippen LogP contribution in [0.15, 0.2) is 22.7 Å². The number of carbonyl (C=O) groups excluding carboxylic acids is 1. The maximum atomic E-state index is 12.7. The summed E-state index contributed by atoms with van der Waals surface area (Å²) in [6.07, 6.45) is 8.38. The van der Waals surface area contributed by atoms with Crippen molar-refractivity contribution in [3.63, 3.8) is 0 Å². The molecule has 2 aromatic rings. The van der Waals surface area contributed by atoms with Crippen LogP contribution in [0.3, 0.4) is 0 Å². The van der Waals surface area contributed by atoms with Crippen molar-refractivity contribution >= 4 is 17.0 Å². The summed E-state index contributed by atoms with van der Waals surface area (Å²) in [5.41, 5.74) is 1.86. The first-order chi connectivity index (χ1) is 10.3. The molecule has 2 aliphatic rings. The van der Waals surface area contributed by atoms with E-state index in [9.17, 15) is 4.79 Å². The summed E-state index contributed by atoms with van der Waals surface area (Å²) in [5, 5.41) is 1.06. The van der Waals surface area contributed by atoms with E-state index in [-0.39, 0.29) is 5.92 Å². The number of hydrogen-bond donors (Lipinski definition) is 0. The van der Waals surface area contributed by atoms with Gasteiger partial charge < -0.3 is 9.32 Å². The van der Waals surface area contributed by atoms with Gasteiger partial charge in [-0.05, 0) is 25.0 Å². The number of amides is 1. The van der Waals surface area contributed by atoms with Crippen molar-refractivity contribution in [1.82, 2.24) is 9.88 Å². The minimum absolute atomic E-state index is 0.247. The van der Waals surface area contributed by atoms with Gasteiger partial charge in [0.1, 0.15) is 5.76 Å². The van der Waals surface area contributed by atoms with E-state index in [1.165, 1.54) is 19.3 Å². The standard InChI is InChI=1S/C17H20N2O2/c20-17(12-5-2-1-3-6-12)19-10-8-15-14(11-19)13-7-4-9-18-16(13)21-15/h4,7,9,12H,1-3,5-6,8,10-11H2. The smallest absolute Gasteiger partial charge is 0.226 e. The molecule has 2 aromatic heterocycles. The first-order valence-electron chi connectivity index (χ1n) is 7.97.